The van der Waals surface area contributed by atoms with E-state index in [1.807, 2.05) is 36.4 Å². The molecule has 2 heterocycles. The first-order valence-electron chi connectivity index (χ1n) is 12.3. The molecular weight excluding hydrogens is 400 g/mol. The normalized spacial score (nSPS) is 18.9. The third kappa shape index (κ3) is 4.69. The van der Waals surface area contributed by atoms with Gasteiger partial charge in [0.1, 0.15) is 24.7 Å². The molecule has 2 saturated heterocycles. The van der Waals surface area contributed by atoms with E-state index < -0.39 is 0 Å². The number of nitrogens with zero attached hydrogens (tertiary/aromatic N) is 2. The van der Waals surface area contributed by atoms with Gasteiger partial charge in [-0.2, -0.15) is 0 Å². The van der Waals surface area contributed by atoms with Crippen molar-refractivity contribution in [3.63, 3.8) is 0 Å². The average Bonchev–Trinajstić information content (AvgIpc) is 3.13. The lowest BCUT2D eigenvalue weighted by Gasteiger charge is -2.26. The number of ether oxygens (including phenoxy) is 2. The molecule has 0 N–H and O–H groups in total. The van der Waals surface area contributed by atoms with Crippen LogP contribution in [0.25, 0.3) is 11.1 Å². The van der Waals surface area contributed by atoms with Crippen molar-refractivity contribution in [1.29, 1.82) is 0 Å². The summed E-state index contributed by atoms with van der Waals surface area (Å²) < 4.78 is 12.3. The number of benzene rings is 2. The summed E-state index contributed by atoms with van der Waals surface area (Å²) >= 11 is 0. The Hall–Kier alpha value is -2.37. The Balaban J connectivity index is 1.27. The largest absolute Gasteiger partial charge is 0.492 e. The Bertz CT molecular complexity index is 946. The number of ketones is 1. The van der Waals surface area contributed by atoms with E-state index in [1.54, 1.807) is 0 Å². The van der Waals surface area contributed by atoms with E-state index >= 15 is 0 Å². The van der Waals surface area contributed by atoms with Gasteiger partial charge in [-0.05, 0) is 76.1 Å². The summed E-state index contributed by atoms with van der Waals surface area (Å²) in [5.74, 6) is 1.71. The number of carbonyl (C=O) groups excluding carboxylic acids is 1. The molecule has 3 aliphatic rings. The number of hydrogen-bond acceptors (Lipinski definition) is 5. The first-order chi connectivity index (χ1) is 15.8. The molecule has 2 aromatic rings. The average molecular weight is 435 g/mol. The van der Waals surface area contributed by atoms with Crippen molar-refractivity contribution in [2.24, 2.45) is 0 Å². The van der Waals surface area contributed by atoms with Crippen LogP contribution in [0, 0.1) is 0 Å². The standard InChI is InChI=1S/C27H34N2O3/c30-27-22-11-10-21(31-18-16-28-12-3-1-4-13-28)20-24(22)26-23(27)8-7-9-25(26)32-19-17-29-14-5-2-6-15-29/h7-11,20H,1-6,12-19H2. The van der Waals surface area contributed by atoms with Gasteiger partial charge in [0.15, 0.2) is 5.78 Å². The van der Waals surface area contributed by atoms with E-state index in [0.717, 1.165) is 59.9 Å². The highest BCUT2D eigenvalue weighted by Crippen LogP contribution is 2.44. The van der Waals surface area contributed by atoms with Gasteiger partial charge in [0.25, 0.3) is 0 Å². The number of carbonyl (C=O) groups is 1. The molecule has 0 atom stereocenters. The zero-order chi connectivity index (χ0) is 21.8. The maximum atomic E-state index is 13.0. The van der Waals surface area contributed by atoms with E-state index in [1.165, 1.54) is 51.6 Å². The maximum Gasteiger partial charge on any atom is 0.194 e. The van der Waals surface area contributed by atoms with Crippen molar-refractivity contribution < 1.29 is 14.3 Å². The fraction of sp³-hybridized carbons (Fsp3) is 0.519. The summed E-state index contributed by atoms with van der Waals surface area (Å²) in [6, 6.07) is 11.7. The number of hydrogen-bond donors (Lipinski definition) is 0. The Morgan fingerprint density at radius 3 is 2.03 bits per heavy atom. The van der Waals surface area contributed by atoms with Crippen LogP contribution in [0.15, 0.2) is 36.4 Å². The van der Waals surface area contributed by atoms with Crippen molar-refractivity contribution in [2.75, 3.05) is 52.5 Å². The summed E-state index contributed by atoms with van der Waals surface area (Å²) in [7, 11) is 0. The van der Waals surface area contributed by atoms with Crippen molar-refractivity contribution in [3.8, 4) is 22.6 Å². The summed E-state index contributed by atoms with van der Waals surface area (Å²) in [6.07, 6.45) is 7.83. The molecule has 0 saturated carbocycles. The summed E-state index contributed by atoms with van der Waals surface area (Å²) in [5, 5.41) is 0. The Kier molecular flexibility index (Phi) is 6.75. The first kappa shape index (κ1) is 21.5. The molecule has 0 amide bonds. The van der Waals surface area contributed by atoms with Crippen LogP contribution in [0.1, 0.15) is 54.4 Å². The fourth-order valence-corrected chi connectivity index (χ4v) is 5.22. The summed E-state index contributed by atoms with van der Waals surface area (Å²) in [4.78, 5) is 17.9. The second-order valence-corrected chi connectivity index (χ2v) is 9.22. The van der Waals surface area contributed by atoms with Crippen LogP contribution in [0.5, 0.6) is 11.5 Å². The molecule has 2 fully saturated rings. The van der Waals surface area contributed by atoms with Crippen LogP contribution in [0.2, 0.25) is 0 Å². The van der Waals surface area contributed by atoms with Crippen LogP contribution >= 0.6 is 0 Å². The number of piperidine rings is 2. The predicted molar refractivity (Wildman–Crippen MR) is 127 cm³/mol. The SMILES string of the molecule is O=C1c2ccc(OCCN3CCCCC3)cc2-c2c(OCCN3CCCCC3)cccc21. The van der Waals surface area contributed by atoms with Crippen molar-refractivity contribution >= 4 is 5.78 Å². The van der Waals surface area contributed by atoms with Crippen LogP contribution < -0.4 is 9.47 Å². The molecule has 5 heteroatoms. The van der Waals surface area contributed by atoms with E-state index in [0.29, 0.717) is 13.2 Å². The molecule has 170 valence electrons. The Labute approximate surface area is 191 Å². The molecule has 0 aromatic heterocycles. The van der Waals surface area contributed by atoms with Gasteiger partial charge in [-0.25, -0.2) is 0 Å². The van der Waals surface area contributed by atoms with Crippen LogP contribution in [0.4, 0.5) is 0 Å². The lowest BCUT2D eigenvalue weighted by Crippen LogP contribution is -2.33. The fourth-order valence-electron chi connectivity index (χ4n) is 5.22. The van der Waals surface area contributed by atoms with E-state index in [-0.39, 0.29) is 5.78 Å². The lowest BCUT2D eigenvalue weighted by atomic mass is 10.0. The first-order valence-corrected chi connectivity index (χ1v) is 12.3. The van der Waals surface area contributed by atoms with Gasteiger partial charge in [-0.15, -0.1) is 0 Å². The monoisotopic (exact) mass is 434 g/mol. The van der Waals surface area contributed by atoms with Crippen LogP contribution in [0.3, 0.4) is 0 Å². The molecule has 0 bridgehead atoms. The predicted octanol–water partition coefficient (Wildman–Crippen LogP) is 4.63. The molecule has 5 rings (SSSR count). The third-order valence-electron chi connectivity index (χ3n) is 7.01. The lowest BCUT2D eigenvalue weighted by molar-refractivity contribution is 0.104. The minimum Gasteiger partial charge on any atom is -0.492 e. The van der Waals surface area contributed by atoms with Crippen molar-refractivity contribution in [1.82, 2.24) is 9.80 Å². The summed E-state index contributed by atoms with van der Waals surface area (Å²) in [6.45, 7) is 7.88. The molecule has 0 spiro atoms. The molecule has 32 heavy (non-hydrogen) atoms. The highest BCUT2D eigenvalue weighted by atomic mass is 16.5. The van der Waals surface area contributed by atoms with E-state index in [4.69, 9.17) is 9.47 Å². The number of likely N-dealkylation sites (tertiary alicyclic amines) is 2. The number of fused-ring (bicyclic) bond motifs is 3. The van der Waals surface area contributed by atoms with E-state index in [9.17, 15) is 4.79 Å². The third-order valence-corrected chi connectivity index (χ3v) is 7.01. The zero-order valence-electron chi connectivity index (χ0n) is 19.0. The molecule has 0 radical (unpaired) electrons. The second kappa shape index (κ2) is 10.1. The smallest absolute Gasteiger partial charge is 0.194 e. The quantitative estimate of drug-likeness (QED) is 0.517. The Morgan fingerprint density at radius 2 is 1.34 bits per heavy atom. The summed E-state index contributed by atoms with van der Waals surface area (Å²) in [5.41, 5.74) is 3.35. The second-order valence-electron chi connectivity index (χ2n) is 9.22. The topological polar surface area (TPSA) is 42.0 Å². The number of rotatable bonds is 8. The molecule has 1 aliphatic carbocycles. The zero-order valence-corrected chi connectivity index (χ0v) is 19.0. The van der Waals surface area contributed by atoms with E-state index in [2.05, 4.69) is 9.80 Å². The van der Waals surface area contributed by atoms with Crippen LogP contribution in [-0.4, -0.2) is 68.1 Å². The van der Waals surface area contributed by atoms with Gasteiger partial charge in [0.05, 0.1) is 0 Å². The van der Waals surface area contributed by atoms with Gasteiger partial charge >= 0.3 is 0 Å². The minimum absolute atomic E-state index is 0.0800. The molecule has 2 aromatic carbocycles. The maximum absolute atomic E-state index is 13.0. The van der Waals surface area contributed by atoms with Gasteiger partial charge in [-0.3, -0.25) is 14.6 Å². The molecule has 2 aliphatic heterocycles. The highest BCUT2D eigenvalue weighted by Gasteiger charge is 2.30. The van der Waals surface area contributed by atoms with Gasteiger partial charge < -0.3 is 9.47 Å². The van der Waals surface area contributed by atoms with Gasteiger partial charge in [0.2, 0.25) is 0 Å². The highest BCUT2D eigenvalue weighted by molar-refractivity contribution is 6.22. The van der Waals surface area contributed by atoms with Crippen molar-refractivity contribution in [2.45, 2.75) is 38.5 Å². The minimum atomic E-state index is 0.0800. The van der Waals surface area contributed by atoms with Crippen molar-refractivity contribution in [3.05, 3.63) is 47.5 Å². The van der Waals surface area contributed by atoms with Gasteiger partial charge in [-0.1, -0.05) is 25.0 Å². The van der Waals surface area contributed by atoms with Crippen LogP contribution in [-0.2, 0) is 0 Å². The Morgan fingerprint density at radius 1 is 0.688 bits per heavy atom. The molecule has 0 unspecified atom stereocenters. The van der Waals surface area contributed by atoms with Gasteiger partial charge in [0, 0.05) is 35.3 Å². The molecule has 5 nitrogen and oxygen atoms in total. The molecular formula is C27H34N2O3.